The minimum Gasteiger partial charge on any atom is -0.493 e. The fourth-order valence-electron chi connectivity index (χ4n) is 4.88. The van der Waals surface area contributed by atoms with Crippen LogP contribution in [0.2, 0.25) is 0 Å². The number of nitrogens with one attached hydrogen (secondary N) is 1. The van der Waals surface area contributed by atoms with Crippen molar-refractivity contribution < 1.29 is 23.8 Å². The summed E-state index contributed by atoms with van der Waals surface area (Å²) in [5.74, 6) is 0.379. The number of benzene rings is 2. The fraction of sp³-hybridized carbons (Fsp3) is 0.333. The molecule has 0 bridgehead atoms. The van der Waals surface area contributed by atoms with Gasteiger partial charge in [-0.1, -0.05) is 40.2 Å². The Morgan fingerprint density at radius 2 is 1.82 bits per heavy atom. The maximum atomic E-state index is 13.7. The Bertz CT molecular complexity index is 1200. The van der Waals surface area contributed by atoms with Crippen molar-refractivity contribution >= 4 is 27.7 Å². The van der Waals surface area contributed by atoms with E-state index in [1.165, 1.54) is 0 Å². The molecule has 1 N–H and O–H groups in total. The van der Waals surface area contributed by atoms with E-state index in [9.17, 15) is 9.59 Å². The Morgan fingerprint density at radius 3 is 2.50 bits per heavy atom. The number of rotatable bonds is 6. The van der Waals surface area contributed by atoms with Gasteiger partial charge in [0.2, 0.25) is 0 Å². The van der Waals surface area contributed by atoms with Gasteiger partial charge in [-0.3, -0.25) is 4.79 Å². The highest BCUT2D eigenvalue weighted by molar-refractivity contribution is 9.10. The van der Waals surface area contributed by atoms with Gasteiger partial charge in [-0.25, -0.2) is 4.79 Å². The molecule has 2 aromatic rings. The van der Waals surface area contributed by atoms with Crippen LogP contribution in [0.3, 0.4) is 0 Å². The normalized spacial score (nSPS) is 20.0. The highest BCUT2D eigenvalue weighted by Gasteiger charge is 2.42. The highest BCUT2D eigenvalue weighted by Crippen LogP contribution is 2.47. The summed E-state index contributed by atoms with van der Waals surface area (Å²) in [7, 11) is 3.20. The third-order valence-corrected chi connectivity index (χ3v) is 7.14. The number of methoxy groups -OCH3 is 2. The average molecular weight is 526 g/mol. The van der Waals surface area contributed by atoms with Crippen LogP contribution in [-0.2, 0) is 14.3 Å². The summed E-state index contributed by atoms with van der Waals surface area (Å²) < 4.78 is 17.1. The first kappa shape index (κ1) is 24.1. The summed E-state index contributed by atoms with van der Waals surface area (Å²) >= 11 is 3.63. The van der Waals surface area contributed by atoms with Gasteiger partial charge < -0.3 is 19.5 Å². The molecule has 6 nitrogen and oxygen atoms in total. The molecule has 0 unspecified atom stereocenters. The van der Waals surface area contributed by atoms with Crippen molar-refractivity contribution in [3.05, 3.63) is 80.6 Å². The van der Waals surface area contributed by atoms with Crippen molar-refractivity contribution in [1.82, 2.24) is 5.32 Å². The van der Waals surface area contributed by atoms with Crippen LogP contribution in [0.1, 0.15) is 49.7 Å². The molecule has 34 heavy (non-hydrogen) atoms. The molecule has 2 atom stereocenters. The lowest BCUT2D eigenvalue weighted by molar-refractivity contribution is -0.138. The van der Waals surface area contributed by atoms with Gasteiger partial charge in [0.15, 0.2) is 17.3 Å². The molecule has 1 aliphatic heterocycles. The number of esters is 1. The zero-order valence-electron chi connectivity index (χ0n) is 19.7. The number of allylic oxidation sites excluding steroid dienone is 3. The molecule has 1 aliphatic carbocycles. The molecule has 4 rings (SSSR count). The van der Waals surface area contributed by atoms with Gasteiger partial charge in [0, 0.05) is 33.8 Å². The van der Waals surface area contributed by atoms with Crippen LogP contribution in [0.25, 0.3) is 0 Å². The number of halogens is 1. The van der Waals surface area contributed by atoms with E-state index in [1.54, 1.807) is 21.1 Å². The molecule has 178 valence electrons. The smallest absolute Gasteiger partial charge is 0.336 e. The molecular formula is C27H28BrNO5. The van der Waals surface area contributed by atoms with E-state index in [2.05, 4.69) is 21.2 Å². The summed E-state index contributed by atoms with van der Waals surface area (Å²) in [6, 6.07) is 13.5. The maximum Gasteiger partial charge on any atom is 0.336 e. The summed E-state index contributed by atoms with van der Waals surface area (Å²) in [6.07, 6.45) is 0.983. The van der Waals surface area contributed by atoms with Crippen LogP contribution < -0.4 is 14.8 Å². The van der Waals surface area contributed by atoms with Crippen LogP contribution in [0, 0.1) is 0 Å². The summed E-state index contributed by atoms with van der Waals surface area (Å²) in [6.45, 7) is 3.91. The number of ketones is 1. The van der Waals surface area contributed by atoms with Crippen molar-refractivity contribution in [2.75, 3.05) is 20.8 Å². The number of dihydropyridines is 1. The predicted octanol–water partition coefficient (Wildman–Crippen LogP) is 5.39. The zero-order chi connectivity index (χ0) is 24.4. The van der Waals surface area contributed by atoms with E-state index in [4.69, 9.17) is 14.2 Å². The number of carbonyl (C=O) groups excluding carboxylic acids is 2. The molecule has 0 saturated heterocycles. The molecule has 1 heterocycles. The molecule has 0 spiro atoms. The van der Waals surface area contributed by atoms with Gasteiger partial charge in [-0.2, -0.15) is 0 Å². The lowest BCUT2D eigenvalue weighted by atomic mass is 9.71. The molecule has 2 aliphatic rings. The van der Waals surface area contributed by atoms with Crippen LogP contribution in [0.15, 0.2) is 69.5 Å². The van der Waals surface area contributed by atoms with Gasteiger partial charge in [0.05, 0.1) is 26.4 Å². The number of hydrogen-bond donors (Lipinski definition) is 1. The van der Waals surface area contributed by atoms with Gasteiger partial charge in [0.25, 0.3) is 0 Å². The third-order valence-electron chi connectivity index (χ3n) is 6.42. The summed E-state index contributed by atoms with van der Waals surface area (Å²) in [4.78, 5) is 26.7. The van der Waals surface area contributed by atoms with Crippen LogP contribution >= 0.6 is 15.9 Å². The molecule has 0 aromatic heterocycles. The first-order chi connectivity index (χ1) is 16.4. The lowest BCUT2D eigenvalue weighted by Gasteiger charge is -2.37. The molecule has 0 fully saturated rings. The van der Waals surface area contributed by atoms with E-state index >= 15 is 0 Å². The zero-order valence-corrected chi connectivity index (χ0v) is 21.3. The Labute approximate surface area is 208 Å². The molecule has 0 saturated carbocycles. The number of ether oxygens (including phenoxy) is 3. The molecule has 2 aromatic carbocycles. The van der Waals surface area contributed by atoms with E-state index in [0.717, 1.165) is 21.3 Å². The lowest BCUT2D eigenvalue weighted by Crippen LogP contribution is -2.36. The van der Waals surface area contributed by atoms with E-state index in [-0.39, 0.29) is 18.3 Å². The number of Topliss-reactive ketones (excluding diaryl/α,β-unsaturated/α-hetero) is 1. The van der Waals surface area contributed by atoms with Gasteiger partial charge in [-0.05, 0) is 55.5 Å². The highest BCUT2D eigenvalue weighted by atomic mass is 79.9. The van der Waals surface area contributed by atoms with Crippen molar-refractivity contribution in [3.63, 3.8) is 0 Å². The Morgan fingerprint density at radius 1 is 1.09 bits per heavy atom. The van der Waals surface area contributed by atoms with Gasteiger partial charge in [-0.15, -0.1) is 0 Å². The van der Waals surface area contributed by atoms with Crippen LogP contribution in [0.4, 0.5) is 0 Å². The molecular weight excluding hydrogens is 498 g/mol. The second-order valence-corrected chi connectivity index (χ2v) is 9.23. The van der Waals surface area contributed by atoms with E-state index in [1.807, 2.05) is 49.4 Å². The topological polar surface area (TPSA) is 73.9 Å². The minimum absolute atomic E-state index is 0.0172. The maximum absolute atomic E-state index is 13.7. The van der Waals surface area contributed by atoms with Crippen molar-refractivity contribution in [3.8, 4) is 11.5 Å². The fourth-order valence-corrected chi connectivity index (χ4v) is 5.39. The van der Waals surface area contributed by atoms with E-state index in [0.29, 0.717) is 41.2 Å². The predicted molar refractivity (Wildman–Crippen MR) is 133 cm³/mol. The largest absolute Gasteiger partial charge is 0.493 e. The van der Waals surface area contributed by atoms with Crippen molar-refractivity contribution in [1.29, 1.82) is 0 Å². The molecule has 0 amide bonds. The van der Waals surface area contributed by atoms with Crippen molar-refractivity contribution in [2.24, 2.45) is 0 Å². The molecule has 7 heteroatoms. The Hall–Kier alpha value is -3.06. The standard InChI is InChI=1S/C27H28BrNO5/c1-5-34-27(31)24-15(2)29-20-12-17(16-10-11-22(32-3)23(14-16)33-4)13-21(30)26(20)25(24)18-8-6-7-9-19(18)28/h6-11,14,17,25,29H,5,12-13H2,1-4H3/t17-,25-/m1/s1. The monoisotopic (exact) mass is 525 g/mol. The minimum atomic E-state index is -0.496. The third kappa shape index (κ3) is 4.37. The Balaban J connectivity index is 1.79. The first-order valence-electron chi connectivity index (χ1n) is 11.3. The Kier molecular flexibility index (Phi) is 7.12. The SMILES string of the molecule is CCOC(=O)C1=C(C)NC2=C(C(=O)C[C@H](c3ccc(OC)c(OC)c3)C2)[C@@H]1c1ccccc1Br. The second kappa shape index (κ2) is 10.1. The average Bonchev–Trinajstić information content (AvgIpc) is 2.83. The summed E-state index contributed by atoms with van der Waals surface area (Å²) in [5.41, 5.74) is 4.55. The number of carbonyl (C=O) groups is 2. The molecule has 0 radical (unpaired) electrons. The van der Waals surface area contributed by atoms with Crippen LogP contribution in [0.5, 0.6) is 11.5 Å². The van der Waals surface area contributed by atoms with Crippen molar-refractivity contribution in [2.45, 2.75) is 38.5 Å². The van der Waals surface area contributed by atoms with Crippen LogP contribution in [-0.4, -0.2) is 32.6 Å². The summed E-state index contributed by atoms with van der Waals surface area (Å²) in [5, 5.41) is 3.37. The van der Waals surface area contributed by atoms with E-state index < -0.39 is 11.9 Å². The van der Waals surface area contributed by atoms with Gasteiger partial charge >= 0.3 is 5.97 Å². The number of hydrogen-bond acceptors (Lipinski definition) is 6. The second-order valence-electron chi connectivity index (χ2n) is 8.37. The quantitative estimate of drug-likeness (QED) is 0.509. The van der Waals surface area contributed by atoms with Gasteiger partial charge in [0.1, 0.15) is 0 Å². The first-order valence-corrected chi connectivity index (χ1v) is 12.1.